The van der Waals surface area contributed by atoms with E-state index in [9.17, 15) is 9.18 Å². The highest BCUT2D eigenvalue weighted by molar-refractivity contribution is 7.99. The number of benzene rings is 1. The monoisotopic (exact) mass is 378 g/mol. The molecule has 0 saturated carbocycles. The zero-order valence-electron chi connectivity index (χ0n) is 14.7. The summed E-state index contributed by atoms with van der Waals surface area (Å²) in [5, 5.41) is 9.31. The lowest BCUT2D eigenvalue weighted by Crippen LogP contribution is -2.19. The minimum Gasteiger partial charge on any atom is -0.376 e. The van der Waals surface area contributed by atoms with E-state index in [4.69, 9.17) is 10.5 Å². The van der Waals surface area contributed by atoms with Crippen LogP contribution in [-0.2, 0) is 22.5 Å². The van der Waals surface area contributed by atoms with Crippen molar-refractivity contribution in [3.05, 3.63) is 41.5 Å². The molecule has 0 spiro atoms. The topological polar surface area (TPSA) is 83.0 Å². The van der Waals surface area contributed by atoms with E-state index in [1.165, 1.54) is 23.9 Å². The Balaban J connectivity index is 1.79. The van der Waals surface area contributed by atoms with Crippen molar-refractivity contribution in [2.24, 2.45) is 5.73 Å². The standard InChI is InChI=1S/C18H23FN4O2S/c1-12(13-4-2-5-14(19)10-13)26-18-22-21-17(8-7-16(20)24)23(18)11-15-6-3-9-25-15/h2,4-5,10,12,15H,3,6-9,11H2,1H3,(H2,20,24)/t12-,15-/m1/s1. The van der Waals surface area contributed by atoms with Gasteiger partial charge in [0.2, 0.25) is 5.91 Å². The van der Waals surface area contributed by atoms with Gasteiger partial charge in [0.15, 0.2) is 5.16 Å². The number of nitrogens with two attached hydrogens (primary N) is 1. The molecule has 1 aromatic carbocycles. The van der Waals surface area contributed by atoms with Crippen molar-refractivity contribution in [2.75, 3.05) is 6.61 Å². The Bertz CT molecular complexity index is 761. The average Bonchev–Trinajstić information content (AvgIpc) is 3.24. The first kappa shape index (κ1) is 18.8. The number of halogens is 1. The van der Waals surface area contributed by atoms with Gasteiger partial charge in [-0.2, -0.15) is 0 Å². The van der Waals surface area contributed by atoms with Crippen LogP contribution in [0.1, 0.15) is 42.8 Å². The molecule has 26 heavy (non-hydrogen) atoms. The van der Waals surface area contributed by atoms with Gasteiger partial charge in [-0.3, -0.25) is 4.79 Å². The number of carbonyl (C=O) groups is 1. The van der Waals surface area contributed by atoms with Gasteiger partial charge in [-0.25, -0.2) is 4.39 Å². The Kier molecular flexibility index (Phi) is 6.26. The van der Waals surface area contributed by atoms with Gasteiger partial charge in [0, 0.05) is 24.7 Å². The summed E-state index contributed by atoms with van der Waals surface area (Å²) in [4.78, 5) is 11.1. The molecule has 1 aliphatic rings. The molecule has 0 bridgehead atoms. The molecule has 1 amide bonds. The quantitative estimate of drug-likeness (QED) is 0.714. The molecule has 140 valence electrons. The Morgan fingerprint density at radius 3 is 3.04 bits per heavy atom. The van der Waals surface area contributed by atoms with Gasteiger partial charge < -0.3 is 15.0 Å². The van der Waals surface area contributed by atoms with Crippen molar-refractivity contribution in [2.45, 2.75) is 55.7 Å². The number of aromatic nitrogens is 3. The third-order valence-electron chi connectivity index (χ3n) is 4.40. The number of nitrogens with zero attached hydrogens (tertiary/aromatic N) is 3. The molecular weight excluding hydrogens is 355 g/mol. The van der Waals surface area contributed by atoms with E-state index in [1.807, 2.05) is 17.6 Å². The van der Waals surface area contributed by atoms with Gasteiger partial charge >= 0.3 is 0 Å². The average molecular weight is 378 g/mol. The maximum atomic E-state index is 13.5. The molecular formula is C18H23FN4O2S. The van der Waals surface area contributed by atoms with E-state index in [2.05, 4.69) is 10.2 Å². The van der Waals surface area contributed by atoms with Gasteiger partial charge in [-0.1, -0.05) is 23.9 Å². The smallest absolute Gasteiger partial charge is 0.217 e. The molecule has 2 heterocycles. The number of amides is 1. The maximum absolute atomic E-state index is 13.5. The van der Waals surface area contributed by atoms with Crippen LogP contribution in [0.3, 0.4) is 0 Å². The number of hydrogen-bond donors (Lipinski definition) is 1. The van der Waals surface area contributed by atoms with E-state index in [0.29, 0.717) is 13.0 Å². The molecule has 3 rings (SSSR count). The predicted octanol–water partition coefficient (Wildman–Crippen LogP) is 2.87. The summed E-state index contributed by atoms with van der Waals surface area (Å²) >= 11 is 1.52. The highest BCUT2D eigenvalue weighted by atomic mass is 32.2. The fourth-order valence-corrected chi connectivity index (χ4v) is 3.98. The molecule has 8 heteroatoms. The second kappa shape index (κ2) is 8.64. The second-order valence-corrected chi connectivity index (χ2v) is 7.73. The molecule has 1 fully saturated rings. The molecule has 1 aliphatic heterocycles. The number of hydrogen-bond acceptors (Lipinski definition) is 5. The number of aryl methyl sites for hydroxylation is 1. The van der Waals surface area contributed by atoms with Crippen molar-refractivity contribution in [1.29, 1.82) is 0 Å². The lowest BCUT2D eigenvalue weighted by Gasteiger charge is -2.16. The van der Waals surface area contributed by atoms with Crippen molar-refractivity contribution in [3.63, 3.8) is 0 Å². The Labute approximate surface area is 156 Å². The van der Waals surface area contributed by atoms with Gasteiger partial charge in [-0.05, 0) is 37.5 Å². The van der Waals surface area contributed by atoms with Crippen LogP contribution in [-0.4, -0.2) is 33.4 Å². The van der Waals surface area contributed by atoms with E-state index >= 15 is 0 Å². The summed E-state index contributed by atoms with van der Waals surface area (Å²) in [6.45, 7) is 3.43. The van der Waals surface area contributed by atoms with Crippen LogP contribution in [0.2, 0.25) is 0 Å². The van der Waals surface area contributed by atoms with Crippen molar-refractivity contribution >= 4 is 17.7 Å². The summed E-state index contributed by atoms with van der Waals surface area (Å²) in [6.07, 6.45) is 2.85. The maximum Gasteiger partial charge on any atom is 0.217 e. The van der Waals surface area contributed by atoms with Crippen LogP contribution < -0.4 is 5.73 Å². The molecule has 2 N–H and O–H groups in total. The van der Waals surface area contributed by atoms with Gasteiger partial charge in [0.25, 0.3) is 0 Å². The fourth-order valence-electron chi connectivity index (χ4n) is 2.99. The normalized spacial score (nSPS) is 18.2. The van der Waals surface area contributed by atoms with Gasteiger partial charge in [0.1, 0.15) is 11.6 Å². The van der Waals surface area contributed by atoms with E-state index in [-0.39, 0.29) is 29.5 Å². The number of primary amides is 1. The van der Waals surface area contributed by atoms with Crippen molar-refractivity contribution < 1.29 is 13.9 Å². The summed E-state index contributed by atoms with van der Waals surface area (Å²) < 4.78 is 21.2. The largest absolute Gasteiger partial charge is 0.376 e. The van der Waals surface area contributed by atoms with E-state index in [0.717, 1.165) is 36.0 Å². The third-order valence-corrected chi connectivity index (χ3v) is 5.54. The molecule has 0 unspecified atom stereocenters. The Hall–Kier alpha value is -1.93. The molecule has 2 atom stereocenters. The summed E-state index contributed by atoms with van der Waals surface area (Å²) in [5.74, 6) is 0.116. The zero-order valence-corrected chi connectivity index (χ0v) is 15.5. The first-order valence-electron chi connectivity index (χ1n) is 8.77. The minimum atomic E-state index is -0.362. The van der Waals surface area contributed by atoms with Crippen LogP contribution in [0.15, 0.2) is 29.4 Å². The van der Waals surface area contributed by atoms with E-state index in [1.54, 1.807) is 6.07 Å². The first-order valence-corrected chi connectivity index (χ1v) is 9.65. The lowest BCUT2D eigenvalue weighted by atomic mass is 10.2. The van der Waals surface area contributed by atoms with Crippen LogP contribution in [0.5, 0.6) is 0 Å². The van der Waals surface area contributed by atoms with E-state index < -0.39 is 0 Å². The summed E-state index contributed by atoms with van der Waals surface area (Å²) in [7, 11) is 0. The van der Waals surface area contributed by atoms with Gasteiger partial charge in [-0.15, -0.1) is 10.2 Å². The highest BCUT2D eigenvalue weighted by Crippen LogP contribution is 2.34. The molecule has 0 aliphatic carbocycles. The third kappa shape index (κ3) is 4.82. The molecule has 6 nitrogen and oxygen atoms in total. The first-order chi connectivity index (χ1) is 12.5. The van der Waals surface area contributed by atoms with Crippen LogP contribution in [0.25, 0.3) is 0 Å². The number of ether oxygens (including phenoxy) is 1. The summed E-state index contributed by atoms with van der Waals surface area (Å²) in [5.41, 5.74) is 6.16. The summed E-state index contributed by atoms with van der Waals surface area (Å²) in [6, 6.07) is 6.57. The van der Waals surface area contributed by atoms with Crippen LogP contribution >= 0.6 is 11.8 Å². The van der Waals surface area contributed by atoms with Crippen molar-refractivity contribution in [3.8, 4) is 0 Å². The van der Waals surface area contributed by atoms with Gasteiger partial charge in [0.05, 0.1) is 12.6 Å². The fraction of sp³-hybridized carbons (Fsp3) is 0.500. The SMILES string of the molecule is C[C@@H](Sc1nnc(CCC(N)=O)n1C[C@H]1CCCO1)c1cccc(F)c1. The van der Waals surface area contributed by atoms with Crippen LogP contribution in [0, 0.1) is 5.82 Å². The number of thioether (sulfide) groups is 1. The highest BCUT2D eigenvalue weighted by Gasteiger charge is 2.22. The Morgan fingerprint density at radius 2 is 2.35 bits per heavy atom. The molecule has 2 aromatic rings. The molecule has 1 aromatic heterocycles. The molecule has 1 saturated heterocycles. The molecule has 0 radical (unpaired) electrons. The van der Waals surface area contributed by atoms with Crippen molar-refractivity contribution in [1.82, 2.24) is 14.8 Å². The van der Waals surface area contributed by atoms with Crippen LogP contribution in [0.4, 0.5) is 4.39 Å². The number of rotatable bonds is 8. The number of carbonyl (C=O) groups excluding carboxylic acids is 1. The minimum absolute atomic E-state index is 0.0159. The predicted molar refractivity (Wildman–Crippen MR) is 97.2 cm³/mol. The zero-order chi connectivity index (χ0) is 18.5. The Morgan fingerprint density at radius 1 is 1.50 bits per heavy atom. The lowest BCUT2D eigenvalue weighted by molar-refractivity contribution is -0.118. The second-order valence-electron chi connectivity index (χ2n) is 6.43.